The minimum absolute atomic E-state index is 0.0349. The molecule has 0 spiro atoms. The van der Waals surface area contributed by atoms with Gasteiger partial charge in [-0.1, -0.05) is 12.1 Å². The number of halogens is 4. The van der Waals surface area contributed by atoms with Gasteiger partial charge in [0, 0.05) is 23.1 Å². The van der Waals surface area contributed by atoms with Gasteiger partial charge in [0.2, 0.25) is 0 Å². The molecular weight excluding hydrogens is 500 g/mol. The third-order valence-corrected chi connectivity index (χ3v) is 7.25. The number of aryl methyl sites for hydroxylation is 1. The van der Waals surface area contributed by atoms with Crippen LogP contribution in [-0.2, 0) is 5.92 Å². The van der Waals surface area contributed by atoms with Gasteiger partial charge in [0.1, 0.15) is 29.2 Å². The van der Waals surface area contributed by atoms with E-state index in [1.807, 2.05) is 14.0 Å². The van der Waals surface area contributed by atoms with Gasteiger partial charge in [-0.2, -0.15) is 8.78 Å². The van der Waals surface area contributed by atoms with E-state index in [9.17, 15) is 18.3 Å². The second-order valence-corrected chi connectivity index (χ2v) is 10.6. The average molecular weight is 535 g/mol. The van der Waals surface area contributed by atoms with Crippen LogP contribution in [0.4, 0.5) is 23.4 Å². The Morgan fingerprint density at radius 3 is 2.50 bits per heavy atom. The maximum absolute atomic E-state index is 15.3. The van der Waals surface area contributed by atoms with E-state index in [0.717, 1.165) is 39.3 Å². The minimum Gasteiger partial charge on any atom is -0.486 e. The molecular formula is C28H34F4N4O2. The largest absolute Gasteiger partial charge is 0.486 e. The minimum atomic E-state index is -3.82. The van der Waals surface area contributed by atoms with Crippen molar-refractivity contribution in [2.75, 3.05) is 18.9 Å². The molecule has 0 saturated carbocycles. The van der Waals surface area contributed by atoms with Crippen LogP contribution >= 0.6 is 0 Å². The number of likely N-dealkylation sites (tertiary alicyclic amines) is 1. The molecule has 0 amide bonds. The summed E-state index contributed by atoms with van der Waals surface area (Å²) in [5.74, 6) is -4.82. The monoisotopic (exact) mass is 534 g/mol. The zero-order valence-electron chi connectivity index (χ0n) is 22.4. The number of alkyl halides is 2. The lowest BCUT2D eigenvalue weighted by Crippen LogP contribution is -2.41. The topological polar surface area (TPSA) is 70.5 Å². The van der Waals surface area contributed by atoms with Crippen LogP contribution in [0.2, 0.25) is 0 Å². The van der Waals surface area contributed by atoms with E-state index in [1.54, 1.807) is 13.8 Å². The molecule has 4 rings (SSSR count). The highest BCUT2D eigenvalue weighted by Gasteiger charge is 2.49. The molecule has 0 unspecified atom stereocenters. The number of aromatic nitrogens is 2. The summed E-state index contributed by atoms with van der Waals surface area (Å²) in [7, 11) is 2.01. The molecule has 2 aromatic carbocycles. The van der Waals surface area contributed by atoms with Gasteiger partial charge in [-0.3, -0.25) is 4.90 Å². The number of ether oxygens (including phenoxy) is 1. The SMILES string of the molecule is Cc1nc(N[C@H](C)c2cccc(C(F)(F)C(C)(C)O)c2F)c2cc(O[C@@H](C)[C@@H]3CCCN3C)c(F)cc2n1. The summed E-state index contributed by atoms with van der Waals surface area (Å²) in [6.07, 6.45) is 1.75. The predicted molar refractivity (Wildman–Crippen MR) is 139 cm³/mol. The number of nitrogens with one attached hydrogen (secondary N) is 1. The van der Waals surface area contributed by atoms with Crippen molar-refractivity contribution in [2.24, 2.45) is 0 Å². The van der Waals surface area contributed by atoms with Gasteiger partial charge in [-0.25, -0.2) is 18.7 Å². The summed E-state index contributed by atoms with van der Waals surface area (Å²) < 4.78 is 66.0. The molecule has 38 heavy (non-hydrogen) atoms. The Kier molecular flexibility index (Phi) is 7.60. The molecule has 3 atom stereocenters. The van der Waals surface area contributed by atoms with E-state index in [2.05, 4.69) is 20.2 Å². The highest BCUT2D eigenvalue weighted by molar-refractivity contribution is 5.90. The third-order valence-electron chi connectivity index (χ3n) is 7.25. The normalized spacial score (nSPS) is 18.6. The quantitative estimate of drug-likeness (QED) is 0.340. The first-order valence-electron chi connectivity index (χ1n) is 12.7. The number of rotatable bonds is 8. The van der Waals surface area contributed by atoms with Crippen LogP contribution in [-0.4, -0.2) is 51.3 Å². The molecule has 10 heteroatoms. The van der Waals surface area contributed by atoms with Gasteiger partial charge in [0.05, 0.1) is 17.1 Å². The van der Waals surface area contributed by atoms with Crippen LogP contribution in [0.5, 0.6) is 5.75 Å². The molecule has 1 fully saturated rings. The molecule has 1 aliphatic heterocycles. The van der Waals surface area contributed by atoms with Crippen LogP contribution in [0.3, 0.4) is 0 Å². The number of fused-ring (bicyclic) bond motifs is 1. The van der Waals surface area contributed by atoms with Crippen molar-refractivity contribution in [2.45, 2.75) is 77.2 Å². The summed E-state index contributed by atoms with van der Waals surface area (Å²) in [4.78, 5) is 10.9. The van der Waals surface area contributed by atoms with Gasteiger partial charge in [-0.15, -0.1) is 0 Å². The zero-order chi connectivity index (χ0) is 28.0. The van der Waals surface area contributed by atoms with Crippen molar-refractivity contribution in [3.05, 3.63) is 58.9 Å². The van der Waals surface area contributed by atoms with Crippen LogP contribution in [0.1, 0.15) is 63.5 Å². The van der Waals surface area contributed by atoms with Gasteiger partial charge >= 0.3 is 5.92 Å². The fourth-order valence-corrected chi connectivity index (χ4v) is 4.99. The number of hydrogen-bond donors (Lipinski definition) is 2. The van der Waals surface area contributed by atoms with Crippen molar-refractivity contribution >= 4 is 16.7 Å². The summed E-state index contributed by atoms with van der Waals surface area (Å²) in [5.41, 5.74) is -3.07. The molecule has 2 heterocycles. The lowest BCUT2D eigenvalue weighted by Gasteiger charge is -2.30. The fraction of sp³-hybridized carbons (Fsp3) is 0.500. The van der Waals surface area contributed by atoms with E-state index in [-0.39, 0.29) is 29.3 Å². The Morgan fingerprint density at radius 2 is 1.87 bits per heavy atom. The molecule has 0 aliphatic carbocycles. The first-order valence-corrected chi connectivity index (χ1v) is 12.7. The molecule has 1 aromatic heterocycles. The molecule has 1 aliphatic rings. The standard InChI is InChI=1S/C28H34F4N4O2/c1-15(18-9-7-10-20(25(18)30)28(31,32)27(4,5)37)33-26-19-13-24(21(29)14-22(19)34-17(3)35-26)38-16(2)23-11-8-12-36(23)6/h7,9-10,13-16,23,37H,8,11-12H2,1-6H3,(H,33,34,35)/t15-,16+,23+/m1/s1. The van der Waals surface area contributed by atoms with Crippen molar-refractivity contribution in [3.63, 3.8) is 0 Å². The number of aliphatic hydroxyl groups is 1. The number of benzene rings is 2. The Morgan fingerprint density at radius 1 is 1.16 bits per heavy atom. The Labute approximate surface area is 220 Å². The molecule has 2 N–H and O–H groups in total. The van der Waals surface area contributed by atoms with Gasteiger partial charge < -0.3 is 15.2 Å². The Balaban J connectivity index is 1.68. The summed E-state index contributed by atoms with van der Waals surface area (Å²) in [5, 5.41) is 13.5. The Hall–Kier alpha value is -2.98. The first kappa shape index (κ1) is 28.0. The van der Waals surface area contributed by atoms with Crippen LogP contribution in [0, 0.1) is 18.6 Å². The zero-order valence-corrected chi connectivity index (χ0v) is 22.4. The Bertz CT molecular complexity index is 1330. The second-order valence-electron chi connectivity index (χ2n) is 10.6. The highest BCUT2D eigenvalue weighted by Crippen LogP contribution is 2.41. The van der Waals surface area contributed by atoms with E-state index < -0.39 is 34.8 Å². The number of hydrogen-bond acceptors (Lipinski definition) is 6. The van der Waals surface area contributed by atoms with E-state index in [1.165, 1.54) is 24.3 Å². The van der Waals surface area contributed by atoms with Crippen molar-refractivity contribution in [1.82, 2.24) is 14.9 Å². The summed E-state index contributed by atoms with van der Waals surface area (Å²) >= 11 is 0. The lowest BCUT2D eigenvalue weighted by molar-refractivity contribution is -0.170. The molecule has 1 saturated heterocycles. The predicted octanol–water partition coefficient (Wildman–Crippen LogP) is 6.11. The first-order chi connectivity index (χ1) is 17.7. The molecule has 3 aromatic rings. The average Bonchev–Trinajstić information content (AvgIpc) is 3.25. The lowest BCUT2D eigenvalue weighted by atomic mass is 9.91. The molecule has 206 valence electrons. The maximum atomic E-state index is 15.3. The van der Waals surface area contributed by atoms with Gasteiger partial charge in [0.15, 0.2) is 11.6 Å². The van der Waals surface area contributed by atoms with Gasteiger partial charge in [0.25, 0.3) is 0 Å². The van der Waals surface area contributed by atoms with E-state index in [0.29, 0.717) is 16.7 Å². The van der Waals surface area contributed by atoms with Gasteiger partial charge in [-0.05, 0) is 73.2 Å². The van der Waals surface area contributed by atoms with Crippen molar-refractivity contribution in [1.29, 1.82) is 0 Å². The smallest absolute Gasteiger partial charge is 0.303 e. The maximum Gasteiger partial charge on any atom is 0.303 e. The van der Waals surface area contributed by atoms with Crippen molar-refractivity contribution < 1.29 is 27.4 Å². The fourth-order valence-electron chi connectivity index (χ4n) is 4.99. The van der Waals surface area contributed by atoms with Crippen LogP contribution < -0.4 is 10.1 Å². The number of nitrogens with zero attached hydrogens (tertiary/aromatic N) is 3. The third kappa shape index (κ3) is 5.29. The van der Waals surface area contributed by atoms with Crippen LogP contribution in [0.25, 0.3) is 10.9 Å². The molecule has 0 radical (unpaired) electrons. The number of anilines is 1. The molecule has 6 nitrogen and oxygen atoms in total. The van der Waals surface area contributed by atoms with E-state index >= 15 is 4.39 Å². The highest BCUT2D eigenvalue weighted by atomic mass is 19.3. The summed E-state index contributed by atoms with van der Waals surface area (Å²) in [6, 6.07) is 5.81. The molecule has 0 bridgehead atoms. The second kappa shape index (κ2) is 10.3. The van der Waals surface area contributed by atoms with Crippen LogP contribution in [0.15, 0.2) is 30.3 Å². The van der Waals surface area contributed by atoms with E-state index in [4.69, 9.17) is 4.74 Å². The number of likely N-dealkylation sites (N-methyl/N-ethyl adjacent to an activating group) is 1. The summed E-state index contributed by atoms with van der Waals surface area (Å²) in [6.45, 7) is 7.97. The van der Waals surface area contributed by atoms with Crippen molar-refractivity contribution in [3.8, 4) is 5.75 Å².